The van der Waals surface area contributed by atoms with Gasteiger partial charge in [-0.2, -0.15) is 13.2 Å². The topological polar surface area (TPSA) is 45.7 Å². The molecule has 0 radical (unpaired) electrons. The highest BCUT2D eigenvalue weighted by atomic mass is 19.4. The lowest BCUT2D eigenvalue weighted by molar-refractivity contribution is -0.137. The summed E-state index contributed by atoms with van der Waals surface area (Å²) >= 11 is 0. The molecule has 1 aliphatic heterocycles. The van der Waals surface area contributed by atoms with Gasteiger partial charge in [-0.3, -0.25) is 0 Å². The standard InChI is InChI=1S/C16H22F3N3O2/c1-11-10-21(8-9-22(11)14(23)24-15(2,3)4)13-12(16(17,18)19)6-5-7-20-13/h5-7,11H,8-10H2,1-4H3/t11-/m1/s1. The Hall–Kier alpha value is -1.99. The number of rotatable bonds is 1. The van der Waals surface area contributed by atoms with Crippen LogP contribution in [0.1, 0.15) is 33.3 Å². The number of piperazine rings is 1. The van der Waals surface area contributed by atoms with Crippen LogP contribution in [0.2, 0.25) is 0 Å². The number of hydrogen-bond acceptors (Lipinski definition) is 4. The molecule has 24 heavy (non-hydrogen) atoms. The summed E-state index contributed by atoms with van der Waals surface area (Å²) in [6, 6.07) is 2.01. The smallest absolute Gasteiger partial charge is 0.419 e. The Morgan fingerprint density at radius 3 is 2.50 bits per heavy atom. The highest BCUT2D eigenvalue weighted by Gasteiger charge is 2.38. The fraction of sp³-hybridized carbons (Fsp3) is 0.625. The Balaban J connectivity index is 2.13. The zero-order valence-electron chi connectivity index (χ0n) is 14.2. The molecule has 0 saturated carbocycles. The van der Waals surface area contributed by atoms with E-state index in [0.29, 0.717) is 0 Å². The highest BCUT2D eigenvalue weighted by Crippen LogP contribution is 2.35. The lowest BCUT2D eigenvalue weighted by Gasteiger charge is -2.41. The van der Waals surface area contributed by atoms with E-state index in [-0.39, 0.29) is 31.5 Å². The Morgan fingerprint density at radius 1 is 1.29 bits per heavy atom. The molecule has 2 rings (SSSR count). The minimum atomic E-state index is -4.46. The van der Waals surface area contributed by atoms with Gasteiger partial charge in [-0.15, -0.1) is 0 Å². The van der Waals surface area contributed by atoms with Gasteiger partial charge < -0.3 is 14.5 Å². The molecule has 8 heteroatoms. The molecule has 5 nitrogen and oxygen atoms in total. The molecule has 1 aromatic heterocycles. The van der Waals surface area contributed by atoms with Crippen LogP contribution in [0.25, 0.3) is 0 Å². The fourth-order valence-electron chi connectivity index (χ4n) is 2.61. The maximum Gasteiger partial charge on any atom is 0.419 e. The van der Waals surface area contributed by atoms with Gasteiger partial charge >= 0.3 is 12.3 Å². The van der Waals surface area contributed by atoms with Crippen molar-refractivity contribution in [3.63, 3.8) is 0 Å². The van der Waals surface area contributed by atoms with Crippen LogP contribution in [-0.4, -0.2) is 47.3 Å². The third kappa shape index (κ3) is 4.30. The monoisotopic (exact) mass is 345 g/mol. The average Bonchev–Trinajstić information content (AvgIpc) is 2.44. The Labute approximate surface area is 139 Å². The summed E-state index contributed by atoms with van der Waals surface area (Å²) in [5, 5.41) is 0. The van der Waals surface area contributed by atoms with Crippen LogP contribution >= 0.6 is 0 Å². The number of carbonyl (C=O) groups is 1. The molecular weight excluding hydrogens is 323 g/mol. The van der Waals surface area contributed by atoms with Crippen molar-refractivity contribution in [3.05, 3.63) is 23.9 Å². The number of nitrogens with zero attached hydrogens (tertiary/aromatic N) is 3. The molecule has 0 bridgehead atoms. The third-order valence-electron chi connectivity index (χ3n) is 3.65. The first-order valence-electron chi connectivity index (χ1n) is 7.76. The largest absolute Gasteiger partial charge is 0.444 e. The normalized spacial score (nSPS) is 19.4. The molecule has 1 aliphatic rings. The number of alkyl halides is 3. The van der Waals surface area contributed by atoms with Crippen LogP contribution in [0.15, 0.2) is 18.3 Å². The quantitative estimate of drug-likeness (QED) is 0.781. The summed E-state index contributed by atoms with van der Waals surface area (Å²) in [7, 11) is 0. The van der Waals surface area contributed by atoms with Gasteiger partial charge in [0.05, 0.1) is 5.56 Å². The Kier molecular flexibility index (Phi) is 4.96. The highest BCUT2D eigenvalue weighted by molar-refractivity contribution is 5.69. The minimum Gasteiger partial charge on any atom is -0.444 e. The summed E-state index contributed by atoms with van der Waals surface area (Å²) in [5.74, 6) is -0.0966. The minimum absolute atomic E-state index is 0.0966. The van der Waals surface area contributed by atoms with Crippen molar-refractivity contribution in [2.45, 2.75) is 45.5 Å². The summed E-state index contributed by atoms with van der Waals surface area (Å²) < 4.78 is 44.8. The van der Waals surface area contributed by atoms with Gasteiger partial charge in [0.1, 0.15) is 11.4 Å². The first kappa shape index (κ1) is 18.4. The van der Waals surface area contributed by atoms with Gasteiger partial charge in [0.25, 0.3) is 0 Å². The maximum absolute atomic E-state index is 13.1. The van der Waals surface area contributed by atoms with Gasteiger partial charge in [0.15, 0.2) is 0 Å². The van der Waals surface area contributed by atoms with Crippen molar-refractivity contribution in [2.24, 2.45) is 0 Å². The van der Waals surface area contributed by atoms with Crippen LogP contribution in [0.4, 0.5) is 23.8 Å². The SMILES string of the molecule is C[C@@H]1CN(c2ncccc2C(F)(F)F)CCN1C(=O)OC(C)(C)C. The van der Waals surface area contributed by atoms with Crippen LogP contribution in [-0.2, 0) is 10.9 Å². The number of aromatic nitrogens is 1. The van der Waals surface area contributed by atoms with E-state index in [9.17, 15) is 18.0 Å². The molecule has 0 aromatic carbocycles. The van der Waals surface area contributed by atoms with Crippen molar-refractivity contribution in [1.29, 1.82) is 0 Å². The number of halogens is 3. The Bertz CT molecular complexity index is 599. The Morgan fingerprint density at radius 2 is 1.96 bits per heavy atom. The van der Waals surface area contributed by atoms with Crippen LogP contribution in [0.3, 0.4) is 0 Å². The summed E-state index contributed by atoms with van der Waals surface area (Å²) in [4.78, 5) is 19.2. The zero-order chi connectivity index (χ0) is 18.1. The second-order valence-corrected chi connectivity index (χ2v) is 6.84. The van der Waals surface area contributed by atoms with Crippen LogP contribution < -0.4 is 4.90 Å². The lowest BCUT2D eigenvalue weighted by Crippen LogP contribution is -2.55. The predicted octanol–water partition coefficient (Wildman–Crippen LogP) is 3.55. The van der Waals surface area contributed by atoms with Crippen molar-refractivity contribution in [1.82, 2.24) is 9.88 Å². The van der Waals surface area contributed by atoms with Gasteiger partial charge in [-0.05, 0) is 39.8 Å². The number of anilines is 1. The van der Waals surface area contributed by atoms with Crippen molar-refractivity contribution >= 4 is 11.9 Å². The van der Waals surface area contributed by atoms with E-state index >= 15 is 0 Å². The zero-order valence-corrected chi connectivity index (χ0v) is 14.2. The number of hydrogen-bond donors (Lipinski definition) is 0. The molecule has 0 aliphatic carbocycles. The molecule has 134 valence electrons. The first-order chi connectivity index (χ1) is 11.0. The average molecular weight is 345 g/mol. The summed E-state index contributed by atoms with van der Waals surface area (Å²) in [6.07, 6.45) is -3.57. The van der Waals surface area contributed by atoms with Crippen LogP contribution in [0, 0.1) is 0 Å². The molecule has 1 amide bonds. The molecular formula is C16H22F3N3O2. The van der Waals surface area contributed by atoms with E-state index in [1.165, 1.54) is 17.2 Å². The third-order valence-corrected chi connectivity index (χ3v) is 3.65. The van der Waals surface area contributed by atoms with Crippen molar-refractivity contribution in [3.8, 4) is 0 Å². The maximum atomic E-state index is 13.1. The van der Waals surface area contributed by atoms with Crippen LogP contribution in [0.5, 0.6) is 0 Å². The van der Waals surface area contributed by atoms with E-state index in [1.54, 1.807) is 32.6 Å². The lowest BCUT2D eigenvalue weighted by atomic mass is 10.1. The molecule has 0 spiro atoms. The second-order valence-electron chi connectivity index (χ2n) is 6.84. The molecule has 1 atom stereocenters. The molecule has 2 heterocycles. The number of amides is 1. The van der Waals surface area contributed by atoms with E-state index in [4.69, 9.17) is 4.74 Å². The summed E-state index contributed by atoms with van der Waals surface area (Å²) in [6.45, 7) is 7.92. The fourth-order valence-corrected chi connectivity index (χ4v) is 2.61. The molecule has 1 fully saturated rings. The number of pyridine rings is 1. The van der Waals surface area contributed by atoms with E-state index in [2.05, 4.69) is 4.98 Å². The number of ether oxygens (including phenoxy) is 1. The van der Waals surface area contributed by atoms with Gasteiger partial charge in [-0.25, -0.2) is 9.78 Å². The first-order valence-corrected chi connectivity index (χ1v) is 7.76. The van der Waals surface area contributed by atoms with Gasteiger partial charge in [0.2, 0.25) is 0 Å². The second kappa shape index (κ2) is 6.49. The number of carbonyl (C=O) groups excluding carboxylic acids is 1. The van der Waals surface area contributed by atoms with Crippen molar-refractivity contribution in [2.75, 3.05) is 24.5 Å². The summed E-state index contributed by atoms with van der Waals surface area (Å²) in [5.41, 5.74) is -1.37. The molecule has 1 saturated heterocycles. The van der Waals surface area contributed by atoms with E-state index in [1.807, 2.05) is 0 Å². The van der Waals surface area contributed by atoms with Crippen molar-refractivity contribution < 1.29 is 22.7 Å². The molecule has 1 aromatic rings. The van der Waals surface area contributed by atoms with E-state index in [0.717, 1.165) is 6.07 Å². The predicted molar refractivity (Wildman–Crippen MR) is 83.9 cm³/mol. The van der Waals surface area contributed by atoms with Gasteiger partial charge in [-0.1, -0.05) is 0 Å². The molecule has 0 N–H and O–H groups in total. The van der Waals surface area contributed by atoms with E-state index < -0.39 is 23.4 Å². The van der Waals surface area contributed by atoms with Gasteiger partial charge in [0, 0.05) is 31.9 Å². The molecule has 0 unspecified atom stereocenters.